The predicted octanol–water partition coefficient (Wildman–Crippen LogP) is 4.24. The van der Waals surface area contributed by atoms with Crippen molar-refractivity contribution in [3.63, 3.8) is 0 Å². The summed E-state index contributed by atoms with van der Waals surface area (Å²) < 4.78 is 29.0. The number of urea groups is 1. The van der Waals surface area contributed by atoms with Crippen LogP contribution in [0.3, 0.4) is 0 Å². The van der Waals surface area contributed by atoms with Crippen LogP contribution in [0.25, 0.3) is 11.4 Å². The lowest BCUT2D eigenvalue weighted by molar-refractivity contribution is 0.246. The molecule has 0 unspecified atom stereocenters. The molecule has 0 spiro atoms. The smallest absolute Gasteiger partial charge is 0.320 e. The average Bonchev–Trinajstić information content (AvgIpc) is 3.39. The number of hydrogen-bond donors (Lipinski definition) is 2. The van der Waals surface area contributed by atoms with E-state index in [9.17, 15) is 13.6 Å². The molecule has 1 saturated heterocycles. The third-order valence-corrected chi connectivity index (χ3v) is 6.33. The molecule has 4 rings (SSSR count). The molecule has 1 aliphatic heterocycles. The van der Waals surface area contributed by atoms with E-state index in [1.54, 1.807) is 36.3 Å². The Hall–Kier alpha value is -3.40. The Labute approximate surface area is 203 Å². The van der Waals surface area contributed by atoms with Crippen molar-refractivity contribution in [2.75, 3.05) is 25.0 Å². The van der Waals surface area contributed by atoms with Gasteiger partial charge in [0.25, 0.3) is 0 Å². The van der Waals surface area contributed by atoms with Gasteiger partial charge >= 0.3 is 6.03 Å². The Morgan fingerprint density at radius 2 is 1.91 bits per heavy atom. The Balaban J connectivity index is 1.46. The molecule has 2 N–H and O–H groups in total. The van der Waals surface area contributed by atoms with E-state index in [-0.39, 0.29) is 18.0 Å². The Morgan fingerprint density at radius 3 is 2.63 bits per heavy atom. The largest absolute Gasteiger partial charge is 0.333 e. The Kier molecular flexibility index (Phi) is 7.70. The van der Waals surface area contributed by atoms with Crippen LogP contribution in [-0.2, 0) is 7.05 Å². The van der Waals surface area contributed by atoms with E-state index in [1.807, 2.05) is 6.92 Å². The molecule has 3 heterocycles. The van der Waals surface area contributed by atoms with Gasteiger partial charge in [-0.1, -0.05) is 25.8 Å². The minimum Gasteiger partial charge on any atom is -0.333 e. The van der Waals surface area contributed by atoms with Crippen molar-refractivity contribution >= 4 is 11.8 Å². The second kappa shape index (κ2) is 10.9. The Bertz CT molecular complexity index is 1170. The number of halogens is 2. The number of hydrogen-bond acceptors (Lipinski definition) is 5. The first-order valence-electron chi connectivity index (χ1n) is 11.9. The molecular formula is C25H31F2N7O. The summed E-state index contributed by atoms with van der Waals surface area (Å²) in [5, 5.41) is 10.3. The van der Waals surface area contributed by atoms with Gasteiger partial charge in [0.1, 0.15) is 17.2 Å². The zero-order valence-electron chi connectivity index (χ0n) is 20.3. The minimum absolute atomic E-state index is 0.151. The molecule has 2 amide bonds. The van der Waals surface area contributed by atoms with E-state index in [1.165, 1.54) is 6.07 Å². The molecule has 186 valence electrons. The second-order valence-electron chi connectivity index (χ2n) is 9.03. The number of aryl methyl sites for hydroxylation is 2. The summed E-state index contributed by atoms with van der Waals surface area (Å²) in [6, 6.07) is 5.07. The lowest BCUT2D eigenvalue weighted by Gasteiger charge is -2.20. The number of anilines is 1. The van der Waals surface area contributed by atoms with Crippen LogP contribution in [0.2, 0.25) is 0 Å². The number of nitrogens with zero attached hydrogens (tertiary/aromatic N) is 5. The van der Waals surface area contributed by atoms with Gasteiger partial charge in [-0.3, -0.25) is 20.0 Å². The number of benzene rings is 1. The molecule has 2 atom stereocenters. The molecule has 1 aromatic carbocycles. The number of carbonyl (C=O) groups is 1. The third kappa shape index (κ3) is 6.00. The van der Waals surface area contributed by atoms with Crippen LogP contribution in [0.4, 0.5) is 19.4 Å². The van der Waals surface area contributed by atoms with Crippen LogP contribution in [0.5, 0.6) is 0 Å². The quantitative estimate of drug-likeness (QED) is 0.468. The second-order valence-corrected chi connectivity index (χ2v) is 9.03. The molecule has 8 nitrogen and oxygen atoms in total. The zero-order valence-corrected chi connectivity index (χ0v) is 20.3. The van der Waals surface area contributed by atoms with Gasteiger partial charge in [0.05, 0.1) is 17.9 Å². The van der Waals surface area contributed by atoms with Gasteiger partial charge in [-0.15, -0.1) is 0 Å². The molecule has 35 heavy (non-hydrogen) atoms. The van der Waals surface area contributed by atoms with E-state index in [0.717, 1.165) is 37.6 Å². The summed E-state index contributed by atoms with van der Waals surface area (Å²) in [7, 11) is 1.73. The highest BCUT2D eigenvalue weighted by atomic mass is 19.2. The zero-order chi connectivity index (χ0) is 24.9. The van der Waals surface area contributed by atoms with Crippen molar-refractivity contribution in [1.29, 1.82) is 0 Å². The van der Waals surface area contributed by atoms with E-state index >= 15 is 0 Å². The summed E-state index contributed by atoms with van der Waals surface area (Å²) >= 11 is 0. The van der Waals surface area contributed by atoms with Crippen LogP contribution in [0, 0.1) is 18.6 Å². The van der Waals surface area contributed by atoms with Crippen LogP contribution in [0.1, 0.15) is 43.4 Å². The lowest BCUT2D eigenvalue weighted by Crippen LogP contribution is -2.42. The molecule has 0 radical (unpaired) electrons. The van der Waals surface area contributed by atoms with E-state index < -0.39 is 11.6 Å². The fourth-order valence-corrected chi connectivity index (χ4v) is 4.44. The molecule has 0 aliphatic carbocycles. The fraction of sp³-hybridized carbons (Fsp3) is 0.440. The van der Waals surface area contributed by atoms with Crippen LogP contribution < -0.4 is 10.6 Å². The van der Waals surface area contributed by atoms with Crippen molar-refractivity contribution in [2.24, 2.45) is 7.05 Å². The molecule has 3 aromatic rings. The number of nitrogens with one attached hydrogen (secondary N) is 2. The average molecular weight is 484 g/mol. The predicted molar refractivity (Wildman–Crippen MR) is 130 cm³/mol. The van der Waals surface area contributed by atoms with Gasteiger partial charge in [0, 0.05) is 38.3 Å². The molecule has 10 heteroatoms. The van der Waals surface area contributed by atoms with Crippen molar-refractivity contribution in [3.8, 4) is 11.4 Å². The minimum atomic E-state index is -0.878. The molecule has 0 saturated carbocycles. The first-order chi connectivity index (χ1) is 16.8. The lowest BCUT2D eigenvalue weighted by atomic mass is 9.94. The number of likely N-dealkylation sites (tertiary alicyclic amines) is 1. The first-order valence-corrected chi connectivity index (χ1v) is 11.9. The summed E-state index contributed by atoms with van der Waals surface area (Å²) in [6.07, 6.45) is 6.60. The highest BCUT2D eigenvalue weighted by Crippen LogP contribution is 2.29. The van der Waals surface area contributed by atoms with Gasteiger partial charge in [0.2, 0.25) is 0 Å². The molecule has 0 bridgehead atoms. The standard InChI is InChI=1S/C25H31F2N7O/c1-4-5-6-9-34-14-18(17-7-8-19(26)20(27)10-17)23(15-34)30-25(35)31-24-11-21(32-33(24)3)22-13-28-16(2)12-29-22/h7-8,10-13,18,23H,4-6,9,14-15H2,1-3H3,(H2,30,31,35)/t18-,23+/m0/s1. The first kappa shape index (κ1) is 24.7. The Morgan fingerprint density at radius 1 is 1.09 bits per heavy atom. The topological polar surface area (TPSA) is 88.0 Å². The normalized spacial score (nSPS) is 18.1. The fourth-order valence-electron chi connectivity index (χ4n) is 4.44. The van der Waals surface area contributed by atoms with Crippen molar-refractivity contribution in [1.82, 2.24) is 30.0 Å². The SMILES string of the molecule is CCCCCN1C[C@@H](NC(=O)Nc2cc(-c3cnc(C)cn3)nn2C)[C@H](c2ccc(F)c(F)c2)C1. The maximum absolute atomic E-state index is 14.0. The van der Waals surface area contributed by atoms with Crippen molar-refractivity contribution in [3.05, 3.63) is 59.6 Å². The maximum atomic E-state index is 14.0. The highest BCUT2D eigenvalue weighted by molar-refractivity contribution is 5.89. The summed E-state index contributed by atoms with van der Waals surface area (Å²) in [5.41, 5.74) is 2.68. The summed E-state index contributed by atoms with van der Waals surface area (Å²) in [5.74, 6) is -1.40. The highest BCUT2D eigenvalue weighted by Gasteiger charge is 2.35. The molecule has 1 fully saturated rings. The van der Waals surface area contributed by atoms with E-state index in [4.69, 9.17) is 0 Å². The van der Waals surface area contributed by atoms with Crippen molar-refractivity contribution < 1.29 is 13.6 Å². The molecule has 2 aromatic heterocycles. The van der Waals surface area contributed by atoms with E-state index in [2.05, 4.69) is 37.5 Å². The van der Waals surface area contributed by atoms with Crippen molar-refractivity contribution in [2.45, 2.75) is 45.1 Å². The third-order valence-electron chi connectivity index (χ3n) is 6.33. The van der Waals surface area contributed by atoms with Gasteiger partial charge < -0.3 is 10.2 Å². The molecular weight excluding hydrogens is 452 g/mol. The van der Waals surface area contributed by atoms with Crippen LogP contribution in [0.15, 0.2) is 36.7 Å². The summed E-state index contributed by atoms with van der Waals surface area (Å²) in [4.78, 5) is 23.8. The van der Waals surface area contributed by atoms with E-state index in [0.29, 0.717) is 35.9 Å². The van der Waals surface area contributed by atoms with Crippen LogP contribution in [-0.4, -0.2) is 56.4 Å². The number of unbranched alkanes of at least 4 members (excludes halogenated alkanes) is 2. The van der Waals surface area contributed by atoms with Gasteiger partial charge in [0.15, 0.2) is 11.6 Å². The van der Waals surface area contributed by atoms with Gasteiger partial charge in [-0.2, -0.15) is 5.10 Å². The monoisotopic (exact) mass is 483 g/mol. The number of amides is 2. The van der Waals surface area contributed by atoms with Crippen LogP contribution >= 0.6 is 0 Å². The van der Waals surface area contributed by atoms with Gasteiger partial charge in [-0.25, -0.2) is 13.6 Å². The molecule has 1 aliphatic rings. The summed E-state index contributed by atoms with van der Waals surface area (Å²) in [6.45, 7) is 6.21. The number of aromatic nitrogens is 4. The number of carbonyl (C=O) groups excluding carboxylic acids is 1. The maximum Gasteiger partial charge on any atom is 0.320 e. The number of rotatable bonds is 8. The van der Waals surface area contributed by atoms with Gasteiger partial charge in [-0.05, 0) is 37.6 Å².